The summed E-state index contributed by atoms with van der Waals surface area (Å²) in [5.41, 5.74) is 1.69. The lowest BCUT2D eigenvalue weighted by molar-refractivity contribution is -0.123. The van der Waals surface area contributed by atoms with Gasteiger partial charge in [0.1, 0.15) is 6.10 Å². The Bertz CT molecular complexity index is 443. The highest BCUT2D eigenvalue weighted by atomic mass is 32.1. The first kappa shape index (κ1) is 14.0. The second-order valence-electron chi connectivity index (χ2n) is 6.07. The van der Waals surface area contributed by atoms with Crippen molar-refractivity contribution in [1.29, 1.82) is 0 Å². The zero-order valence-corrected chi connectivity index (χ0v) is 12.4. The SMILES string of the molecule is O=C(NCC(O)c1cncs1)C1CC1C1CCCCC1. The fourth-order valence-corrected chi connectivity index (χ4v) is 4.02. The number of rotatable bonds is 5. The molecule has 110 valence electrons. The van der Waals surface area contributed by atoms with Crippen molar-refractivity contribution in [2.24, 2.45) is 17.8 Å². The van der Waals surface area contributed by atoms with Gasteiger partial charge < -0.3 is 10.4 Å². The fourth-order valence-electron chi connectivity index (χ4n) is 3.42. The number of amides is 1. The number of nitrogens with zero attached hydrogens (tertiary/aromatic N) is 1. The number of hydrogen-bond acceptors (Lipinski definition) is 4. The Balaban J connectivity index is 1.42. The van der Waals surface area contributed by atoms with E-state index in [4.69, 9.17) is 0 Å². The van der Waals surface area contributed by atoms with E-state index in [0.29, 0.717) is 12.5 Å². The first-order valence-electron chi connectivity index (χ1n) is 7.60. The van der Waals surface area contributed by atoms with Gasteiger partial charge in [-0.15, -0.1) is 11.3 Å². The summed E-state index contributed by atoms with van der Waals surface area (Å²) < 4.78 is 0. The van der Waals surface area contributed by atoms with Gasteiger partial charge in [-0.05, 0) is 18.3 Å². The lowest BCUT2D eigenvalue weighted by Gasteiger charge is -2.21. The van der Waals surface area contributed by atoms with Crippen LogP contribution in [0.15, 0.2) is 11.7 Å². The first-order valence-corrected chi connectivity index (χ1v) is 8.48. The summed E-state index contributed by atoms with van der Waals surface area (Å²) in [7, 11) is 0. The van der Waals surface area contributed by atoms with E-state index in [9.17, 15) is 9.90 Å². The molecule has 0 radical (unpaired) electrons. The number of thiazole rings is 1. The Morgan fingerprint density at radius 2 is 2.25 bits per heavy atom. The van der Waals surface area contributed by atoms with Gasteiger partial charge in [0.2, 0.25) is 5.91 Å². The molecule has 3 unspecified atom stereocenters. The lowest BCUT2D eigenvalue weighted by Crippen LogP contribution is -2.30. The van der Waals surface area contributed by atoms with Gasteiger partial charge in [-0.1, -0.05) is 32.1 Å². The smallest absolute Gasteiger partial charge is 0.223 e. The average Bonchev–Trinajstić information content (AvgIpc) is 3.10. The van der Waals surface area contributed by atoms with Crippen LogP contribution in [0, 0.1) is 17.8 Å². The third kappa shape index (κ3) is 3.20. The molecule has 4 nitrogen and oxygen atoms in total. The summed E-state index contributed by atoms with van der Waals surface area (Å²) in [5.74, 6) is 1.71. The van der Waals surface area contributed by atoms with Crippen molar-refractivity contribution in [3.05, 3.63) is 16.6 Å². The molecule has 1 heterocycles. The van der Waals surface area contributed by atoms with Crippen molar-refractivity contribution >= 4 is 17.2 Å². The molecule has 0 spiro atoms. The van der Waals surface area contributed by atoms with Crippen molar-refractivity contribution < 1.29 is 9.90 Å². The van der Waals surface area contributed by atoms with Gasteiger partial charge in [-0.3, -0.25) is 9.78 Å². The van der Waals surface area contributed by atoms with Crippen molar-refractivity contribution in [3.8, 4) is 0 Å². The molecule has 3 atom stereocenters. The first-order chi connectivity index (χ1) is 9.75. The summed E-state index contributed by atoms with van der Waals surface area (Å²) in [6.45, 7) is 0.301. The van der Waals surface area contributed by atoms with Crippen molar-refractivity contribution in [3.63, 3.8) is 0 Å². The van der Waals surface area contributed by atoms with E-state index in [1.807, 2.05) is 0 Å². The second-order valence-corrected chi connectivity index (χ2v) is 6.99. The van der Waals surface area contributed by atoms with Gasteiger partial charge in [0.25, 0.3) is 0 Å². The minimum atomic E-state index is -0.627. The number of nitrogens with one attached hydrogen (secondary N) is 1. The molecule has 20 heavy (non-hydrogen) atoms. The van der Waals surface area contributed by atoms with Gasteiger partial charge in [-0.2, -0.15) is 0 Å². The van der Waals surface area contributed by atoms with Crippen LogP contribution < -0.4 is 5.32 Å². The molecular weight excluding hydrogens is 272 g/mol. The molecule has 1 aromatic rings. The van der Waals surface area contributed by atoms with Crippen LogP contribution in [0.25, 0.3) is 0 Å². The van der Waals surface area contributed by atoms with Crippen LogP contribution in [0.4, 0.5) is 0 Å². The van der Waals surface area contributed by atoms with Crippen LogP contribution >= 0.6 is 11.3 Å². The predicted molar refractivity (Wildman–Crippen MR) is 78.3 cm³/mol. The maximum Gasteiger partial charge on any atom is 0.223 e. The van der Waals surface area contributed by atoms with Gasteiger partial charge >= 0.3 is 0 Å². The van der Waals surface area contributed by atoms with Gasteiger partial charge in [-0.25, -0.2) is 0 Å². The molecule has 1 aromatic heterocycles. The molecule has 2 aliphatic carbocycles. The second kappa shape index (κ2) is 6.22. The maximum absolute atomic E-state index is 12.1. The number of carbonyl (C=O) groups is 1. The minimum Gasteiger partial charge on any atom is -0.386 e. The Labute approximate surface area is 123 Å². The van der Waals surface area contributed by atoms with Crippen LogP contribution in [0.3, 0.4) is 0 Å². The van der Waals surface area contributed by atoms with E-state index < -0.39 is 6.10 Å². The molecule has 0 aliphatic heterocycles. The number of aromatic nitrogens is 1. The molecule has 3 rings (SSSR count). The van der Waals surface area contributed by atoms with Gasteiger partial charge in [0, 0.05) is 18.7 Å². The number of aliphatic hydroxyl groups is 1. The minimum absolute atomic E-state index is 0.129. The maximum atomic E-state index is 12.1. The van der Waals surface area contributed by atoms with Crippen LogP contribution in [0.2, 0.25) is 0 Å². The summed E-state index contributed by atoms with van der Waals surface area (Å²) in [6.07, 6.45) is 8.71. The van der Waals surface area contributed by atoms with E-state index >= 15 is 0 Å². The number of aliphatic hydroxyl groups excluding tert-OH is 1. The van der Waals surface area contributed by atoms with Crippen molar-refractivity contribution in [2.45, 2.75) is 44.6 Å². The van der Waals surface area contributed by atoms with E-state index in [0.717, 1.165) is 17.2 Å². The molecular formula is C15H22N2O2S. The highest BCUT2D eigenvalue weighted by Crippen LogP contribution is 2.49. The standard InChI is InChI=1S/C15H22N2O2S/c18-13(14-8-16-9-20-14)7-17-15(19)12-6-11(12)10-4-2-1-3-5-10/h8-13,18H,1-7H2,(H,17,19). The van der Waals surface area contributed by atoms with E-state index in [-0.39, 0.29) is 11.8 Å². The monoisotopic (exact) mass is 294 g/mol. The summed E-state index contributed by atoms with van der Waals surface area (Å²) in [4.78, 5) is 16.8. The van der Waals surface area contributed by atoms with E-state index in [2.05, 4.69) is 10.3 Å². The molecule has 0 bridgehead atoms. The average molecular weight is 294 g/mol. The molecule has 1 amide bonds. The van der Waals surface area contributed by atoms with Crippen molar-refractivity contribution in [2.75, 3.05) is 6.54 Å². The molecule has 0 aromatic carbocycles. The largest absolute Gasteiger partial charge is 0.386 e. The van der Waals surface area contributed by atoms with Crippen LogP contribution in [-0.2, 0) is 4.79 Å². The summed E-state index contributed by atoms with van der Waals surface area (Å²) in [5, 5.41) is 12.8. The van der Waals surface area contributed by atoms with Crippen molar-refractivity contribution in [1.82, 2.24) is 10.3 Å². The predicted octanol–water partition coefficient (Wildman–Crippen LogP) is 2.51. The van der Waals surface area contributed by atoms with Gasteiger partial charge in [0.15, 0.2) is 0 Å². The van der Waals surface area contributed by atoms with E-state index in [1.54, 1.807) is 11.7 Å². The van der Waals surface area contributed by atoms with E-state index in [1.165, 1.54) is 43.4 Å². The molecule has 2 N–H and O–H groups in total. The highest BCUT2D eigenvalue weighted by Gasteiger charge is 2.47. The molecule has 5 heteroatoms. The van der Waals surface area contributed by atoms with Crippen LogP contribution in [0.5, 0.6) is 0 Å². The number of hydrogen-bond donors (Lipinski definition) is 2. The lowest BCUT2D eigenvalue weighted by atomic mass is 9.85. The van der Waals surface area contributed by atoms with Gasteiger partial charge in [0.05, 0.1) is 10.4 Å². The summed E-state index contributed by atoms with van der Waals surface area (Å²) in [6, 6.07) is 0. The normalized spacial score (nSPS) is 28.1. The Morgan fingerprint density at radius 1 is 1.45 bits per heavy atom. The molecule has 2 saturated carbocycles. The third-order valence-corrected chi connectivity index (χ3v) is 5.56. The third-order valence-electron chi connectivity index (χ3n) is 4.68. The zero-order valence-electron chi connectivity index (χ0n) is 11.6. The Morgan fingerprint density at radius 3 is 2.95 bits per heavy atom. The molecule has 2 aliphatic rings. The quantitative estimate of drug-likeness (QED) is 0.877. The topological polar surface area (TPSA) is 62.2 Å². The Kier molecular flexibility index (Phi) is 4.36. The van der Waals surface area contributed by atoms with Crippen LogP contribution in [-0.4, -0.2) is 22.5 Å². The summed E-state index contributed by atoms with van der Waals surface area (Å²) >= 11 is 1.42. The number of carbonyl (C=O) groups excluding carboxylic acids is 1. The fraction of sp³-hybridized carbons (Fsp3) is 0.733. The Hall–Kier alpha value is -0.940. The molecule has 2 fully saturated rings. The zero-order chi connectivity index (χ0) is 13.9. The van der Waals surface area contributed by atoms with Crippen LogP contribution in [0.1, 0.15) is 49.5 Å². The molecule has 0 saturated heterocycles. The highest BCUT2D eigenvalue weighted by molar-refractivity contribution is 7.09.